The Morgan fingerprint density at radius 3 is 2.43 bits per heavy atom. The minimum Gasteiger partial charge on any atom is -0.390 e. The van der Waals surface area contributed by atoms with Crippen molar-refractivity contribution < 1.29 is 14.3 Å². The summed E-state index contributed by atoms with van der Waals surface area (Å²) in [5, 5.41) is 2.16. The SMILES string of the molecule is O=C1OC(=O)[C@]2(Cl)[C@@H](c3ccc4ccccc4c3)C[C@]12Cl. The molecule has 4 rings (SSSR count). The molecule has 1 aliphatic heterocycles. The smallest absolute Gasteiger partial charge is 0.338 e. The highest BCUT2D eigenvalue weighted by atomic mass is 35.5. The average molecular weight is 321 g/mol. The zero-order valence-corrected chi connectivity index (χ0v) is 12.3. The summed E-state index contributed by atoms with van der Waals surface area (Å²) in [7, 11) is 0. The van der Waals surface area contributed by atoms with Gasteiger partial charge in [-0.25, -0.2) is 9.59 Å². The molecule has 0 radical (unpaired) electrons. The maximum Gasteiger partial charge on any atom is 0.338 e. The highest BCUT2D eigenvalue weighted by molar-refractivity contribution is 6.53. The van der Waals surface area contributed by atoms with Gasteiger partial charge in [0.25, 0.3) is 0 Å². The van der Waals surface area contributed by atoms with E-state index in [1.54, 1.807) is 0 Å². The molecule has 1 aliphatic carbocycles. The van der Waals surface area contributed by atoms with E-state index in [1.165, 1.54) is 0 Å². The van der Waals surface area contributed by atoms with Gasteiger partial charge in [-0.2, -0.15) is 0 Å². The Morgan fingerprint density at radius 1 is 1.00 bits per heavy atom. The number of halogens is 2. The van der Waals surface area contributed by atoms with Crippen molar-refractivity contribution in [1.82, 2.24) is 0 Å². The number of rotatable bonds is 1. The summed E-state index contributed by atoms with van der Waals surface area (Å²) in [6.45, 7) is 0. The highest BCUT2D eigenvalue weighted by Gasteiger charge is 2.79. The van der Waals surface area contributed by atoms with E-state index in [2.05, 4.69) is 4.74 Å². The third-order valence-electron chi connectivity index (χ3n) is 4.52. The van der Waals surface area contributed by atoms with Crippen LogP contribution in [0, 0.1) is 0 Å². The van der Waals surface area contributed by atoms with Gasteiger partial charge in [0, 0.05) is 5.92 Å². The van der Waals surface area contributed by atoms with Crippen LogP contribution in [-0.4, -0.2) is 21.7 Å². The summed E-state index contributed by atoms with van der Waals surface area (Å²) in [5.74, 6) is -1.80. The number of hydrogen-bond donors (Lipinski definition) is 0. The fourth-order valence-corrected chi connectivity index (χ4v) is 4.06. The summed E-state index contributed by atoms with van der Waals surface area (Å²) in [6, 6.07) is 13.8. The molecule has 3 atom stereocenters. The van der Waals surface area contributed by atoms with Crippen LogP contribution in [0.5, 0.6) is 0 Å². The van der Waals surface area contributed by atoms with Crippen LogP contribution >= 0.6 is 23.2 Å². The van der Waals surface area contributed by atoms with E-state index in [0.717, 1.165) is 16.3 Å². The summed E-state index contributed by atoms with van der Waals surface area (Å²) in [5.41, 5.74) is 0.895. The van der Waals surface area contributed by atoms with E-state index in [1.807, 2.05) is 42.5 Å². The average Bonchev–Trinajstić information content (AvgIpc) is 2.61. The van der Waals surface area contributed by atoms with Gasteiger partial charge in [-0.05, 0) is 22.8 Å². The number of carbonyl (C=O) groups excluding carboxylic acids is 2. The number of carbonyl (C=O) groups is 2. The van der Waals surface area contributed by atoms with Crippen LogP contribution in [0.3, 0.4) is 0 Å². The first-order valence-corrected chi connectivity index (χ1v) is 7.35. The quantitative estimate of drug-likeness (QED) is 0.459. The Balaban J connectivity index is 1.81. The Labute approximate surface area is 130 Å². The van der Waals surface area contributed by atoms with Crippen LogP contribution in [0.15, 0.2) is 42.5 Å². The van der Waals surface area contributed by atoms with Crippen molar-refractivity contribution in [1.29, 1.82) is 0 Å². The van der Waals surface area contributed by atoms with Gasteiger partial charge in [0.2, 0.25) is 0 Å². The van der Waals surface area contributed by atoms with Gasteiger partial charge >= 0.3 is 11.9 Å². The van der Waals surface area contributed by atoms with Crippen LogP contribution < -0.4 is 0 Å². The van der Waals surface area contributed by atoms with Gasteiger partial charge in [0.15, 0.2) is 9.75 Å². The highest BCUT2D eigenvalue weighted by Crippen LogP contribution is 2.64. The largest absolute Gasteiger partial charge is 0.390 e. The van der Waals surface area contributed by atoms with Crippen LogP contribution in [0.4, 0.5) is 0 Å². The topological polar surface area (TPSA) is 43.4 Å². The van der Waals surface area contributed by atoms with Gasteiger partial charge in [-0.3, -0.25) is 0 Å². The second-order valence-corrected chi connectivity index (χ2v) is 6.79. The molecular weight excluding hydrogens is 311 g/mol. The molecule has 0 N–H and O–H groups in total. The number of ether oxygens (including phenoxy) is 1. The predicted molar refractivity (Wildman–Crippen MR) is 79.6 cm³/mol. The second-order valence-electron chi connectivity index (χ2n) is 5.55. The molecule has 0 unspecified atom stereocenters. The van der Waals surface area contributed by atoms with E-state index < -0.39 is 21.7 Å². The lowest BCUT2D eigenvalue weighted by Gasteiger charge is -2.48. The van der Waals surface area contributed by atoms with Crippen molar-refractivity contribution in [3.05, 3.63) is 48.0 Å². The molecule has 3 nitrogen and oxygen atoms in total. The molecule has 0 spiro atoms. The molecule has 0 aromatic heterocycles. The Hall–Kier alpha value is -1.58. The standard InChI is InChI=1S/C16H10Cl2O3/c17-15-8-12(16(15,18)14(20)21-13(15)19)11-6-5-9-3-1-2-4-10(9)7-11/h1-7,12H,8H2/t12-,15+,16-/m1/s1. The van der Waals surface area contributed by atoms with Crippen molar-refractivity contribution in [3.8, 4) is 0 Å². The third kappa shape index (κ3) is 1.46. The summed E-state index contributed by atoms with van der Waals surface area (Å²) < 4.78 is 4.65. The zero-order chi connectivity index (χ0) is 14.8. The van der Waals surface area contributed by atoms with E-state index in [4.69, 9.17) is 23.2 Å². The van der Waals surface area contributed by atoms with Gasteiger partial charge in [-0.15, -0.1) is 23.2 Å². The summed E-state index contributed by atoms with van der Waals surface area (Å²) >= 11 is 12.6. The van der Waals surface area contributed by atoms with Crippen molar-refractivity contribution in [3.63, 3.8) is 0 Å². The summed E-state index contributed by atoms with van der Waals surface area (Å²) in [6.07, 6.45) is 0.307. The Morgan fingerprint density at radius 2 is 1.71 bits per heavy atom. The molecule has 0 amide bonds. The maximum atomic E-state index is 12.0. The van der Waals surface area contributed by atoms with Gasteiger partial charge < -0.3 is 4.74 Å². The lowest BCUT2D eigenvalue weighted by atomic mass is 9.61. The minimum atomic E-state index is -1.49. The first kappa shape index (κ1) is 13.1. The lowest BCUT2D eigenvalue weighted by Crippen LogP contribution is -2.63. The molecule has 21 heavy (non-hydrogen) atoms. The molecule has 106 valence electrons. The van der Waals surface area contributed by atoms with E-state index in [-0.39, 0.29) is 5.92 Å². The van der Waals surface area contributed by atoms with Crippen LogP contribution in [0.1, 0.15) is 17.9 Å². The number of fused-ring (bicyclic) bond motifs is 2. The van der Waals surface area contributed by atoms with E-state index in [0.29, 0.717) is 6.42 Å². The normalized spacial score (nSPS) is 34.5. The van der Waals surface area contributed by atoms with Crippen LogP contribution in [0.25, 0.3) is 10.8 Å². The molecule has 1 saturated heterocycles. The fraction of sp³-hybridized carbons (Fsp3) is 0.250. The van der Waals surface area contributed by atoms with Crippen LogP contribution in [-0.2, 0) is 14.3 Å². The predicted octanol–water partition coefficient (Wildman–Crippen LogP) is 3.37. The van der Waals surface area contributed by atoms with E-state index in [9.17, 15) is 9.59 Å². The van der Waals surface area contributed by atoms with Crippen molar-refractivity contribution in [2.45, 2.75) is 22.1 Å². The maximum absolute atomic E-state index is 12.0. The molecule has 0 bridgehead atoms. The molecule has 5 heteroatoms. The second kappa shape index (κ2) is 3.99. The first-order valence-electron chi connectivity index (χ1n) is 6.60. The fourth-order valence-electron chi connectivity index (χ4n) is 3.26. The number of alkyl halides is 2. The van der Waals surface area contributed by atoms with Gasteiger partial charge in [-0.1, -0.05) is 42.5 Å². The first-order chi connectivity index (χ1) is 9.97. The number of esters is 2. The molecular formula is C16H10Cl2O3. The van der Waals surface area contributed by atoms with Gasteiger partial charge in [0.1, 0.15) is 0 Å². The lowest BCUT2D eigenvalue weighted by molar-refractivity contribution is -0.152. The van der Waals surface area contributed by atoms with E-state index >= 15 is 0 Å². The molecule has 2 aromatic rings. The monoisotopic (exact) mass is 320 g/mol. The van der Waals surface area contributed by atoms with Crippen molar-refractivity contribution >= 4 is 45.9 Å². The third-order valence-corrected chi connectivity index (χ3v) is 5.97. The number of benzene rings is 2. The molecule has 1 saturated carbocycles. The molecule has 1 heterocycles. The molecule has 2 aromatic carbocycles. The zero-order valence-electron chi connectivity index (χ0n) is 10.8. The van der Waals surface area contributed by atoms with Crippen molar-refractivity contribution in [2.75, 3.05) is 0 Å². The van der Waals surface area contributed by atoms with Crippen LogP contribution in [0.2, 0.25) is 0 Å². The van der Waals surface area contributed by atoms with Gasteiger partial charge in [0.05, 0.1) is 0 Å². The van der Waals surface area contributed by atoms with Crippen molar-refractivity contribution in [2.24, 2.45) is 0 Å². The molecule has 2 aliphatic rings. The molecule has 2 fully saturated rings. The number of cyclic esters (lactones) is 2. The summed E-state index contributed by atoms with van der Waals surface area (Å²) in [4.78, 5) is 20.7. The Bertz CT molecular complexity index is 803. The Kier molecular flexibility index (Phi) is 2.49. The minimum absolute atomic E-state index is 0.307. The number of hydrogen-bond acceptors (Lipinski definition) is 3.